The van der Waals surface area contributed by atoms with Crippen LogP contribution in [0.1, 0.15) is 84.0 Å². The standard InChI is InChI=1S/C19H32/c1-2-3-4-5-6-7-8-9-12-17-15-16-18-13-10-11-14-19(17)18/h10-11,14,17-18H,2-9,12-13,15-16H2,1H3. The molecule has 2 rings (SSSR count). The van der Waals surface area contributed by atoms with Crippen molar-refractivity contribution in [3.8, 4) is 0 Å². The van der Waals surface area contributed by atoms with Gasteiger partial charge >= 0.3 is 0 Å². The zero-order chi connectivity index (χ0) is 13.3. The zero-order valence-electron chi connectivity index (χ0n) is 12.9. The molecular formula is C19H32. The maximum Gasteiger partial charge on any atom is -0.0162 e. The van der Waals surface area contributed by atoms with Crippen LogP contribution in [0.2, 0.25) is 0 Å². The highest BCUT2D eigenvalue weighted by atomic mass is 14.3. The van der Waals surface area contributed by atoms with Gasteiger partial charge in [0.2, 0.25) is 0 Å². The molecule has 0 saturated heterocycles. The maximum absolute atomic E-state index is 2.43. The summed E-state index contributed by atoms with van der Waals surface area (Å²) in [6.45, 7) is 2.30. The number of hydrogen-bond acceptors (Lipinski definition) is 0. The Hall–Kier alpha value is -0.520. The van der Waals surface area contributed by atoms with Crippen LogP contribution in [0.3, 0.4) is 0 Å². The fraction of sp³-hybridized carbons (Fsp3) is 0.789. The van der Waals surface area contributed by atoms with E-state index in [1.807, 2.05) is 0 Å². The van der Waals surface area contributed by atoms with Gasteiger partial charge in [-0.1, -0.05) is 82.1 Å². The van der Waals surface area contributed by atoms with E-state index in [-0.39, 0.29) is 0 Å². The Morgan fingerprint density at radius 1 is 0.947 bits per heavy atom. The molecule has 2 unspecified atom stereocenters. The van der Waals surface area contributed by atoms with Crippen molar-refractivity contribution >= 4 is 0 Å². The molecule has 108 valence electrons. The van der Waals surface area contributed by atoms with Gasteiger partial charge in [0, 0.05) is 0 Å². The van der Waals surface area contributed by atoms with Crippen molar-refractivity contribution in [2.75, 3.05) is 0 Å². The third-order valence-corrected chi connectivity index (χ3v) is 5.06. The van der Waals surface area contributed by atoms with E-state index in [1.54, 1.807) is 5.57 Å². The van der Waals surface area contributed by atoms with Crippen LogP contribution in [0, 0.1) is 11.8 Å². The highest BCUT2D eigenvalue weighted by molar-refractivity contribution is 5.26. The van der Waals surface area contributed by atoms with Crippen LogP contribution in [-0.2, 0) is 0 Å². The number of rotatable bonds is 9. The molecule has 1 saturated carbocycles. The van der Waals surface area contributed by atoms with Gasteiger partial charge in [0.05, 0.1) is 0 Å². The summed E-state index contributed by atoms with van der Waals surface area (Å²) in [5, 5.41) is 0. The molecule has 0 aromatic carbocycles. The molecule has 19 heavy (non-hydrogen) atoms. The topological polar surface area (TPSA) is 0 Å². The molecule has 2 atom stereocenters. The van der Waals surface area contributed by atoms with Crippen molar-refractivity contribution in [3.63, 3.8) is 0 Å². The Morgan fingerprint density at radius 2 is 1.68 bits per heavy atom. The van der Waals surface area contributed by atoms with Crippen LogP contribution >= 0.6 is 0 Å². The first-order valence-corrected chi connectivity index (χ1v) is 8.78. The maximum atomic E-state index is 2.43. The van der Waals surface area contributed by atoms with Crippen LogP contribution in [0.5, 0.6) is 0 Å². The SMILES string of the molecule is CCCCCCCCCCC1CCC2CC=CC=C21. The van der Waals surface area contributed by atoms with Crippen molar-refractivity contribution < 1.29 is 0 Å². The van der Waals surface area contributed by atoms with E-state index < -0.39 is 0 Å². The first-order chi connectivity index (χ1) is 9.42. The lowest BCUT2D eigenvalue weighted by molar-refractivity contribution is 0.504. The summed E-state index contributed by atoms with van der Waals surface area (Å²) in [7, 11) is 0. The second kappa shape index (κ2) is 8.61. The lowest BCUT2D eigenvalue weighted by atomic mass is 9.88. The summed E-state index contributed by atoms with van der Waals surface area (Å²) in [6.07, 6.45) is 24.4. The first kappa shape index (κ1) is 14.9. The quantitative estimate of drug-likeness (QED) is 0.419. The summed E-state index contributed by atoms with van der Waals surface area (Å²) in [4.78, 5) is 0. The highest BCUT2D eigenvalue weighted by Gasteiger charge is 2.29. The molecule has 0 nitrogen and oxygen atoms in total. The molecule has 0 radical (unpaired) electrons. The van der Waals surface area contributed by atoms with Crippen molar-refractivity contribution in [2.24, 2.45) is 11.8 Å². The molecule has 1 fully saturated rings. The van der Waals surface area contributed by atoms with E-state index in [4.69, 9.17) is 0 Å². The van der Waals surface area contributed by atoms with Gasteiger partial charge in [-0.05, 0) is 37.5 Å². The molecule has 2 aliphatic rings. The van der Waals surface area contributed by atoms with E-state index in [2.05, 4.69) is 25.2 Å². The third kappa shape index (κ3) is 4.82. The van der Waals surface area contributed by atoms with E-state index in [0.717, 1.165) is 11.8 Å². The summed E-state index contributed by atoms with van der Waals surface area (Å²) >= 11 is 0. The van der Waals surface area contributed by atoms with Crippen molar-refractivity contribution in [1.29, 1.82) is 0 Å². The molecule has 0 aliphatic heterocycles. The second-order valence-electron chi connectivity index (χ2n) is 6.57. The number of unbranched alkanes of at least 4 members (excludes halogenated alkanes) is 7. The number of allylic oxidation sites excluding steroid dienone is 4. The average Bonchev–Trinajstić information content (AvgIpc) is 2.85. The molecular weight excluding hydrogens is 228 g/mol. The largest absolute Gasteiger partial charge is 0.0839 e. The number of hydrogen-bond donors (Lipinski definition) is 0. The molecule has 0 spiro atoms. The summed E-state index contributed by atoms with van der Waals surface area (Å²) < 4.78 is 0. The predicted molar refractivity (Wildman–Crippen MR) is 85.3 cm³/mol. The van der Waals surface area contributed by atoms with Crippen molar-refractivity contribution in [1.82, 2.24) is 0 Å². The minimum atomic E-state index is 0.920. The van der Waals surface area contributed by atoms with Crippen LogP contribution in [0.15, 0.2) is 23.8 Å². The molecule has 0 aromatic heterocycles. The first-order valence-electron chi connectivity index (χ1n) is 8.78. The fourth-order valence-electron chi connectivity index (χ4n) is 3.85. The van der Waals surface area contributed by atoms with E-state index >= 15 is 0 Å². The Kier molecular flexibility index (Phi) is 6.74. The minimum Gasteiger partial charge on any atom is -0.0839 e. The van der Waals surface area contributed by atoms with E-state index in [0.29, 0.717) is 0 Å². The molecule has 2 aliphatic carbocycles. The van der Waals surface area contributed by atoms with E-state index in [9.17, 15) is 0 Å². The van der Waals surface area contributed by atoms with Gasteiger partial charge in [-0.2, -0.15) is 0 Å². The normalized spacial score (nSPS) is 25.4. The highest BCUT2D eigenvalue weighted by Crippen LogP contribution is 2.42. The van der Waals surface area contributed by atoms with Crippen LogP contribution in [0.4, 0.5) is 0 Å². The Balaban J connectivity index is 1.52. The van der Waals surface area contributed by atoms with Gasteiger partial charge in [-0.3, -0.25) is 0 Å². The lowest BCUT2D eigenvalue weighted by Gasteiger charge is -2.18. The predicted octanol–water partition coefficient (Wildman–Crippen LogP) is 6.43. The molecule has 0 heteroatoms. The molecule has 0 heterocycles. The van der Waals surface area contributed by atoms with E-state index in [1.165, 1.54) is 77.0 Å². The van der Waals surface area contributed by atoms with Gasteiger partial charge in [0.1, 0.15) is 0 Å². The fourth-order valence-corrected chi connectivity index (χ4v) is 3.85. The van der Waals surface area contributed by atoms with Gasteiger partial charge < -0.3 is 0 Å². The number of fused-ring (bicyclic) bond motifs is 1. The second-order valence-corrected chi connectivity index (χ2v) is 6.57. The minimum absolute atomic E-state index is 0.920. The van der Waals surface area contributed by atoms with Crippen LogP contribution < -0.4 is 0 Å². The van der Waals surface area contributed by atoms with Gasteiger partial charge in [0.15, 0.2) is 0 Å². The molecule has 0 N–H and O–H groups in total. The van der Waals surface area contributed by atoms with Crippen molar-refractivity contribution in [2.45, 2.75) is 84.0 Å². The van der Waals surface area contributed by atoms with Crippen molar-refractivity contribution in [3.05, 3.63) is 23.8 Å². The smallest absolute Gasteiger partial charge is 0.0162 e. The third-order valence-electron chi connectivity index (χ3n) is 5.06. The zero-order valence-corrected chi connectivity index (χ0v) is 12.9. The Morgan fingerprint density at radius 3 is 2.47 bits per heavy atom. The molecule has 0 bridgehead atoms. The van der Waals surface area contributed by atoms with Crippen LogP contribution in [-0.4, -0.2) is 0 Å². The Bertz CT molecular complexity index is 297. The average molecular weight is 260 g/mol. The summed E-state index contributed by atoms with van der Waals surface area (Å²) in [5.41, 5.74) is 1.80. The van der Waals surface area contributed by atoms with Gasteiger partial charge in [0.25, 0.3) is 0 Å². The summed E-state index contributed by atoms with van der Waals surface area (Å²) in [5.74, 6) is 1.86. The molecule has 0 aromatic rings. The van der Waals surface area contributed by atoms with Crippen LogP contribution in [0.25, 0.3) is 0 Å². The van der Waals surface area contributed by atoms with Gasteiger partial charge in [-0.25, -0.2) is 0 Å². The Labute approximate surface area is 120 Å². The monoisotopic (exact) mass is 260 g/mol. The summed E-state index contributed by atoms with van der Waals surface area (Å²) in [6, 6.07) is 0. The lowest BCUT2D eigenvalue weighted by Crippen LogP contribution is -2.04. The molecule has 0 amide bonds. The van der Waals surface area contributed by atoms with Gasteiger partial charge in [-0.15, -0.1) is 0 Å².